The molecule has 0 aliphatic carbocycles. The summed E-state index contributed by atoms with van der Waals surface area (Å²) in [6.07, 6.45) is 0. The molecule has 2 saturated heterocycles. The third-order valence-corrected chi connectivity index (χ3v) is 8.20. The SMILES string of the molecule is O=C(c1ccc(Cn2c(=S)[nH]c3ccc(N4CCOCC4)cc3c2=O)cc1)N1CCN(c2ccc([N+](=O)[O-])cc2)CC1. The molecule has 1 aromatic heterocycles. The molecule has 4 aromatic rings. The van der Waals surface area contributed by atoms with Gasteiger partial charge >= 0.3 is 0 Å². The highest BCUT2D eigenvalue weighted by atomic mass is 32.1. The van der Waals surface area contributed by atoms with Gasteiger partial charge in [-0.3, -0.25) is 24.3 Å². The van der Waals surface area contributed by atoms with Crippen LogP contribution < -0.4 is 15.4 Å². The Labute approximate surface area is 246 Å². The highest BCUT2D eigenvalue weighted by molar-refractivity contribution is 7.71. The molecule has 3 aromatic carbocycles. The topological polar surface area (TPSA) is 117 Å². The van der Waals surface area contributed by atoms with Crippen LogP contribution in [0.2, 0.25) is 0 Å². The quantitative estimate of drug-likeness (QED) is 0.206. The lowest BCUT2D eigenvalue weighted by atomic mass is 10.1. The van der Waals surface area contributed by atoms with Crippen molar-refractivity contribution in [3.05, 3.63) is 103 Å². The van der Waals surface area contributed by atoms with Gasteiger partial charge in [0.05, 0.1) is 35.6 Å². The fraction of sp³-hybridized carbons (Fsp3) is 0.300. The van der Waals surface area contributed by atoms with Crippen molar-refractivity contribution in [1.82, 2.24) is 14.5 Å². The van der Waals surface area contributed by atoms with E-state index in [9.17, 15) is 19.7 Å². The summed E-state index contributed by atoms with van der Waals surface area (Å²) in [5.74, 6) is -0.0549. The van der Waals surface area contributed by atoms with Crippen molar-refractivity contribution in [3.8, 4) is 0 Å². The summed E-state index contributed by atoms with van der Waals surface area (Å²) in [7, 11) is 0. The van der Waals surface area contributed by atoms with E-state index in [2.05, 4.69) is 14.8 Å². The summed E-state index contributed by atoms with van der Waals surface area (Å²) in [6.45, 7) is 5.54. The molecule has 42 heavy (non-hydrogen) atoms. The van der Waals surface area contributed by atoms with Gasteiger partial charge in [-0.15, -0.1) is 0 Å². The number of morpholine rings is 1. The second-order valence-electron chi connectivity index (χ2n) is 10.4. The molecule has 1 N–H and O–H groups in total. The number of nitro groups is 1. The van der Waals surface area contributed by atoms with Crippen LogP contribution in [-0.2, 0) is 11.3 Å². The van der Waals surface area contributed by atoms with Crippen LogP contribution in [-0.4, -0.2) is 77.8 Å². The number of amides is 1. The number of nitro benzene ring substituents is 1. The lowest BCUT2D eigenvalue weighted by molar-refractivity contribution is -0.384. The highest BCUT2D eigenvalue weighted by Gasteiger charge is 2.23. The van der Waals surface area contributed by atoms with E-state index in [0.717, 1.165) is 30.0 Å². The summed E-state index contributed by atoms with van der Waals surface area (Å²) in [4.78, 5) is 46.5. The monoisotopic (exact) mass is 586 g/mol. The van der Waals surface area contributed by atoms with Crippen LogP contribution in [0, 0.1) is 14.9 Å². The first-order valence-corrected chi connectivity index (χ1v) is 14.3. The lowest BCUT2D eigenvalue weighted by Crippen LogP contribution is -2.48. The molecule has 0 unspecified atom stereocenters. The predicted octanol–water partition coefficient (Wildman–Crippen LogP) is 3.81. The molecule has 2 aliphatic heterocycles. The van der Waals surface area contributed by atoms with Gasteiger partial charge in [-0.25, -0.2) is 0 Å². The number of benzene rings is 3. The Morgan fingerprint density at radius 2 is 1.52 bits per heavy atom. The van der Waals surface area contributed by atoms with Crippen LogP contribution in [0.3, 0.4) is 0 Å². The average Bonchev–Trinajstić information content (AvgIpc) is 3.03. The van der Waals surface area contributed by atoms with Crippen molar-refractivity contribution in [2.45, 2.75) is 6.54 Å². The second kappa shape index (κ2) is 11.7. The molecule has 2 aliphatic rings. The van der Waals surface area contributed by atoms with Crippen molar-refractivity contribution < 1.29 is 14.5 Å². The van der Waals surface area contributed by atoms with Gasteiger partial charge in [0.25, 0.3) is 17.2 Å². The summed E-state index contributed by atoms with van der Waals surface area (Å²) in [5.41, 5.74) is 3.92. The van der Waals surface area contributed by atoms with Crippen LogP contribution in [0.4, 0.5) is 17.1 Å². The minimum atomic E-state index is -0.414. The molecule has 216 valence electrons. The number of piperazine rings is 1. The number of fused-ring (bicyclic) bond motifs is 1. The van der Waals surface area contributed by atoms with E-state index in [1.54, 1.807) is 28.8 Å². The molecule has 11 nitrogen and oxygen atoms in total. The normalized spacial score (nSPS) is 15.7. The molecule has 0 atom stereocenters. The van der Waals surface area contributed by atoms with Crippen molar-refractivity contribution in [3.63, 3.8) is 0 Å². The number of carbonyl (C=O) groups excluding carboxylic acids is 1. The number of aromatic amines is 1. The van der Waals surface area contributed by atoms with Crippen LogP contribution in [0.25, 0.3) is 10.9 Å². The zero-order valence-electron chi connectivity index (χ0n) is 22.9. The molecule has 6 rings (SSSR count). The minimum absolute atomic E-state index is 0.0549. The van der Waals surface area contributed by atoms with Gasteiger partial charge in [0, 0.05) is 68.3 Å². The van der Waals surface area contributed by atoms with E-state index < -0.39 is 4.92 Å². The van der Waals surface area contributed by atoms with E-state index >= 15 is 0 Å². The second-order valence-corrected chi connectivity index (χ2v) is 10.8. The standard InChI is InChI=1S/C30H30N6O5S/c37-28(34-13-11-32(12-14-34)23-5-7-24(8-6-23)36(39)40)22-3-1-21(2-4-22)20-35-29(38)26-19-25(33-15-17-41-18-16-33)9-10-27(26)31-30(35)42/h1-10,19H,11-18,20H2,(H,31,42). The number of hydrogen-bond donors (Lipinski definition) is 1. The van der Waals surface area contributed by atoms with Crippen LogP contribution in [0.15, 0.2) is 71.5 Å². The summed E-state index contributed by atoms with van der Waals surface area (Å²) >= 11 is 5.53. The molecule has 1 amide bonds. The maximum atomic E-state index is 13.5. The van der Waals surface area contributed by atoms with Gasteiger partial charge in [0.2, 0.25) is 0 Å². The average molecular weight is 587 g/mol. The van der Waals surface area contributed by atoms with Gasteiger partial charge in [-0.1, -0.05) is 12.1 Å². The van der Waals surface area contributed by atoms with Crippen molar-refractivity contribution in [2.75, 3.05) is 62.3 Å². The predicted molar refractivity (Wildman–Crippen MR) is 163 cm³/mol. The Balaban J connectivity index is 1.12. The summed E-state index contributed by atoms with van der Waals surface area (Å²) in [6, 6.07) is 19.6. The minimum Gasteiger partial charge on any atom is -0.378 e. The van der Waals surface area contributed by atoms with E-state index in [1.165, 1.54) is 12.1 Å². The van der Waals surface area contributed by atoms with E-state index in [-0.39, 0.29) is 23.7 Å². The number of H-pyrrole nitrogens is 1. The number of nitrogens with zero attached hydrogens (tertiary/aromatic N) is 5. The number of carbonyl (C=O) groups is 1. The summed E-state index contributed by atoms with van der Waals surface area (Å²) < 4.78 is 7.35. The van der Waals surface area contributed by atoms with Gasteiger partial charge < -0.3 is 24.4 Å². The van der Waals surface area contributed by atoms with Gasteiger partial charge in [-0.2, -0.15) is 0 Å². The fourth-order valence-electron chi connectivity index (χ4n) is 5.47. The Morgan fingerprint density at radius 1 is 0.881 bits per heavy atom. The Hall–Kier alpha value is -4.55. The van der Waals surface area contributed by atoms with Gasteiger partial charge in [0.1, 0.15) is 0 Å². The van der Waals surface area contributed by atoms with Crippen LogP contribution in [0.5, 0.6) is 0 Å². The first-order chi connectivity index (χ1) is 20.4. The van der Waals surface area contributed by atoms with Gasteiger partial charge in [0.15, 0.2) is 4.77 Å². The van der Waals surface area contributed by atoms with Crippen molar-refractivity contribution in [2.24, 2.45) is 0 Å². The molecular weight excluding hydrogens is 556 g/mol. The number of nitrogens with one attached hydrogen (secondary N) is 1. The number of rotatable bonds is 6. The number of anilines is 2. The van der Waals surface area contributed by atoms with E-state index in [4.69, 9.17) is 17.0 Å². The first-order valence-electron chi connectivity index (χ1n) is 13.8. The number of non-ortho nitro benzene ring substituents is 1. The third kappa shape index (κ3) is 5.63. The molecule has 0 spiro atoms. The largest absolute Gasteiger partial charge is 0.378 e. The Bertz CT molecular complexity index is 1740. The first kappa shape index (κ1) is 27.6. The molecule has 0 saturated carbocycles. The van der Waals surface area contributed by atoms with E-state index in [1.807, 2.05) is 35.2 Å². The van der Waals surface area contributed by atoms with Crippen molar-refractivity contribution >= 4 is 46.1 Å². The zero-order valence-corrected chi connectivity index (χ0v) is 23.7. The number of ether oxygens (including phenoxy) is 1. The van der Waals surface area contributed by atoms with Crippen LogP contribution >= 0.6 is 12.2 Å². The maximum absolute atomic E-state index is 13.5. The molecule has 12 heteroatoms. The highest BCUT2D eigenvalue weighted by Crippen LogP contribution is 2.22. The van der Waals surface area contributed by atoms with Crippen LogP contribution in [0.1, 0.15) is 15.9 Å². The zero-order chi connectivity index (χ0) is 29.2. The molecule has 3 heterocycles. The van der Waals surface area contributed by atoms with Crippen molar-refractivity contribution in [1.29, 1.82) is 0 Å². The third-order valence-electron chi connectivity index (χ3n) is 7.88. The lowest BCUT2D eigenvalue weighted by Gasteiger charge is -2.36. The maximum Gasteiger partial charge on any atom is 0.269 e. The Morgan fingerprint density at radius 3 is 2.19 bits per heavy atom. The Kier molecular flexibility index (Phi) is 7.72. The fourth-order valence-corrected chi connectivity index (χ4v) is 5.73. The number of hydrogen-bond acceptors (Lipinski definition) is 8. The molecular formula is C30H30N6O5S. The smallest absolute Gasteiger partial charge is 0.269 e. The van der Waals surface area contributed by atoms with Gasteiger partial charge in [-0.05, 0) is 60.2 Å². The number of aromatic nitrogens is 2. The van der Waals surface area contributed by atoms with E-state index in [0.29, 0.717) is 60.6 Å². The molecule has 2 fully saturated rings. The molecule has 0 bridgehead atoms. The summed E-state index contributed by atoms with van der Waals surface area (Å²) in [5, 5.41) is 11.5. The molecule has 0 radical (unpaired) electrons.